The van der Waals surface area contributed by atoms with Gasteiger partial charge in [-0.1, -0.05) is 30.3 Å². The van der Waals surface area contributed by atoms with Crippen LogP contribution in [0.3, 0.4) is 0 Å². The summed E-state index contributed by atoms with van der Waals surface area (Å²) < 4.78 is 5.10. The maximum atomic E-state index is 10.7. The quantitative estimate of drug-likeness (QED) is 0.617. The van der Waals surface area contributed by atoms with E-state index in [2.05, 4.69) is 5.48 Å². The SMILES string of the molecule is Cc1oc(C(=O)O)cc1CNOCc1ccccc1. The van der Waals surface area contributed by atoms with Crippen molar-refractivity contribution < 1.29 is 19.2 Å². The van der Waals surface area contributed by atoms with Gasteiger partial charge in [0.1, 0.15) is 5.76 Å². The first-order valence-corrected chi connectivity index (χ1v) is 5.88. The van der Waals surface area contributed by atoms with Crippen LogP contribution in [-0.2, 0) is 18.0 Å². The fourth-order valence-corrected chi connectivity index (χ4v) is 1.64. The first-order chi connectivity index (χ1) is 9.16. The highest BCUT2D eigenvalue weighted by atomic mass is 16.6. The van der Waals surface area contributed by atoms with E-state index in [1.807, 2.05) is 30.3 Å². The summed E-state index contributed by atoms with van der Waals surface area (Å²) >= 11 is 0. The van der Waals surface area contributed by atoms with Crippen LogP contribution in [0, 0.1) is 6.92 Å². The lowest BCUT2D eigenvalue weighted by Gasteiger charge is -2.05. The van der Waals surface area contributed by atoms with E-state index in [1.54, 1.807) is 6.92 Å². The van der Waals surface area contributed by atoms with Gasteiger partial charge in [-0.3, -0.25) is 4.84 Å². The largest absolute Gasteiger partial charge is 0.475 e. The van der Waals surface area contributed by atoms with Crippen molar-refractivity contribution in [2.24, 2.45) is 0 Å². The molecule has 0 atom stereocenters. The van der Waals surface area contributed by atoms with Gasteiger partial charge >= 0.3 is 5.97 Å². The van der Waals surface area contributed by atoms with Gasteiger partial charge in [0.25, 0.3) is 0 Å². The van der Waals surface area contributed by atoms with Gasteiger partial charge in [0.2, 0.25) is 5.76 Å². The third-order valence-corrected chi connectivity index (χ3v) is 2.68. The molecule has 0 bridgehead atoms. The number of aryl methyl sites for hydroxylation is 1. The van der Waals surface area contributed by atoms with Crippen LogP contribution in [0.1, 0.15) is 27.4 Å². The molecule has 2 aromatic rings. The van der Waals surface area contributed by atoms with Crippen molar-refractivity contribution in [3.8, 4) is 0 Å². The van der Waals surface area contributed by atoms with Gasteiger partial charge in [-0.25, -0.2) is 4.79 Å². The minimum Gasteiger partial charge on any atom is -0.475 e. The Morgan fingerprint density at radius 3 is 2.74 bits per heavy atom. The number of hydrogen-bond donors (Lipinski definition) is 2. The summed E-state index contributed by atoms with van der Waals surface area (Å²) in [6.45, 7) is 2.57. The molecule has 2 rings (SSSR count). The van der Waals surface area contributed by atoms with E-state index in [0.29, 0.717) is 18.9 Å². The Balaban J connectivity index is 1.81. The van der Waals surface area contributed by atoms with Gasteiger partial charge < -0.3 is 9.52 Å². The Bertz CT molecular complexity index is 548. The Labute approximate surface area is 110 Å². The molecule has 0 aliphatic heterocycles. The molecule has 0 aliphatic carbocycles. The van der Waals surface area contributed by atoms with Crippen molar-refractivity contribution in [2.75, 3.05) is 0 Å². The van der Waals surface area contributed by atoms with E-state index in [0.717, 1.165) is 11.1 Å². The van der Waals surface area contributed by atoms with Gasteiger partial charge in [-0.15, -0.1) is 0 Å². The molecule has 5 heteroatoms. The number of rotatable bonds is 6. The number of aromatic carboxylic acids is 1. The Kier molecular flexibility index (Phi) is 4.33. The first-order valence-electron chi connectivity index (χ1n) is 5.88. The van der Waals surface area contributed by atoms with E-state index >= 15 is 0 Å². The maximum Gasteiger partial charge on any atom is 0.371 e. The molecule has 1 aromatic heterocycles. The normalized spacial score (nSPS) is 10.6. The van der Waals surface area contributed by atoms with Crippen LogP contribution < -0.4 is 5.48 Å². The van der Waals surface area contributed by atoms with Crippen molar-refractivity contribution in [1.82, 2.24) is 5.48 Å². The van der Waals surface area contributed by atoms with E-state index in [-0.39, 0.29) is 5.76 Å². The van der Waals surface area contributed by atoms with E-state index in [1.165, 1.54) is 6.07 Å². The molecule has 0 amide bonds. The summed E-state index contributed by atoms with van der Waals surface area (Å²) in [6, 6.07) is 11.3. The van der Waals surface area contributed by atoms with Crippen LogP contribution in [0.2, 0.25) is 0 Å². The molecule has 2 N–H and O–H groups in total. The Hall–Kier alpha value is -2.11. The number of carbonyl (C=O) groups is 1. The number of nitrogens with one attached hydrogen (secondary N) is 1. The number of hydroxylamine groups is 1. The average molecular weight is 261 g/mol. The van der Waals surface area contributed by atoms with Crippen LogP contribution in [0.5, 0.6) is 0 Å². The molecule has 0 aliphatic rings. The lowest BCUT2D eigenvalue weighted by Crippen LogP contribution is -2.14. The highest BCUT2D eigenvalue weighted by Crippen LogP contribution is 2.14. The number of benzene rings is 1. The predicted octanol–water partition coefficient (Wildman–Crippen LogP) is 2.51. The molecule has 0 saturated heterocycles. The van der Waals surface area contributed by atoms with E-state index < -0.39 is 5.97 Å². The molecule has 0 spiro atoms. The van der Waals surface area contributed by atoms with Crippen molar-refractivity contribution in [3.63, 3.8) is 0 Å². The van der Waals surface area contributed by atoms with Crippen molar-refractivity contribution in [3.05, 3.63) is 59.0 Å². The summed E-state index contributed by atoms with van der Waals surface area (Å²) in [5.74, 6) is -0.551. The standard InChI is InChI=1S/C14H15NO4/c1-10-12(7-13(19-10)14(16)17)8-15-18-9-11-5-3-2-4-6-11/h2-7,15H,8-9H2,1H3,(H,16,17). The molecule has 1 heterocycles. The second-order valence-corrected chi connectivity index (χ2v) is 4.09. The summed E-state index contributed by atoms with van der Waals surface area (Å²) in [5.41, 5.74) is 4.62. The smallest absolute Gasteiger partial charge is 0.371 e. The third kappa shape index (κ3) is 3.67. The topological polar surface area (TPSA) is 71.7 Å². The Morgan fingerprint density at radius 1 is 1.37 bits per heavy atom. The second-order valence-electron chi connectivity index (χ2n) is 4.09. The van der Waals surface area contributed by atoms with E-state index in [4.69, 9.17) is 14.4 Å². The monoisotopic (exact) mass is 261 g/mol. The zero-order chi connectivity index (χ0) is 13.7. The van der Waals surface area contributed by atoms with Gasteiger partial charge in [-0.2, -0.15) is 5.48 Å². The molecule has 0 saturated carbocycles. The number of furan rings is 1. The second kappa shape index (κ2) is 6.17. The molecular weight excluding hydrogens is 246 g/mol. The summed E-state index contributed by atoms with van der Waals surface area (Å²) in [7, 11) is 0. The number of carboxylic acid groups (broad SMARTS) is 1. The van der Waals surface area contributed by atoms with Crippen LogP contribution >= 0.6 is 0 Å². The predicted molar refractivity (Wildman–Crippen MR) is 68.5 cm³/mol. The molecule has 19 heavy (non-hydrogen) atoms. The van der Waals surface area contributed by atoms with Crippen molar-refractivity contribution in [1.29, 1.82) is 0 Å². The van der Waals surface area contributed by atoms with Crippen LogP contribution in [0.15, 0.2) is 40.8 Å². The highest BCUT2D eigenvalue weighted by Gasteiger charge is 2.12. The minimum atomic E-state index is -1.07. The summed E-state index contributed by atoms with van der Waals surface area (Å²) in [5, 5.41) is 8.80. The zero-order valence-corrected chi connectivity index (χ0v) is 10.6. The van der Waals surface area contributed by atoms with Crippen LogP contribution in [-0.4, -0.2) is 11.1 Å². The Morgan fingerprint density at radius 2 is 2.11 bits per heavy atom. The molecular formula is C14H15NO4. The summed E-state index contributed by atoms with van der Waals surface area (Å²) in [6.07, 6.45) is 0. The lowest BCUT2D eigenvalue weighted by molar-refractivity contribution is 0.0233. The molecule has 100 valence electrons. The first kappa shape index (κ1) is 13.3. The number of carboxylic acids is 1. The maximum absolute atomic E-state index is 10.7. The molecule has 0 fully saturated rings. The third-order valence-electron chi connectivity index (χ3n) is 2.68. The highest BCUT2D eigenvalue weighted by molar-refractivity contribution is 5.84. The molecule has 1 aromatic carbocycles. The lowest BCUT2D eigenvalue weighted by atomic mass is 10.2. The molecule has 0 radical (unpaired) electrons. The van der Waals surface area contributed by atoms with Gasteiger partial charge in [-0.05, 0) is 18.6 Å². The average Bonchev–Trinajstić information content (AvgIpc) is 2.78. The van der Waals surface area contributed by atoms with Gasteiger partial charge in [0.15, 0.2) is 0 Å². The summed E-state index contributed by atoms with van der Waals surface area (Å²) in [4.78, 5) is 16.0. The zero-order valence-electron chi connectivity index (χ0n) is 10.6. The van der Waals surface area contributed by atoms with Crippen molar-refractivity contribution >= 4 is 5.97 Å². The fourth-order valence-electron chi connectivity index (χ4n) is 1.64. The molecule has 0 unspecified atom stereocenters. The molecule has 5 nitrogen and oxygen atoms in total. The van der Waals surface area contributed by atoms with Gasteiger partial charge in [0, 0.05) is 12.1 Å². The van der Waals surface area contributed by atoms with Crippen LogP contribution in [0.25, 0.3) is 0 Å². The number of hydrogen-bond acceptors (Lipinski definition) is 4. The van der Waals surface area contributed by atoms with Gasteiger partial charge in [0.05, 0.1) is 6.61 Å². The minimum absolute atomic E-state index is 0.0580. The fraction of sp³-hybridized carbons (Fsp3) is 0.214. The van der Waals surface area contributed by atoms with Crippen molar-refractivity contribution in [2.45, 2.75) is 20.1 Å². The van der Waals surface area contributed by atoms with Crippen LogP contribution in [0.4, 0.5) is 0 Å². The van der Waals surface area contributed by atoms with E-state index in [9.17, 15) is 4.79 Å².